The van der Waals surface area contributed by atoms with Crippen molar-refractivity contribution in [1.82, 2.24) is 10.0 Å². The second kappa shape index (κ2) is 10.1. The van der Waals surface area contributed by atoms with Gasteiger partial charge in [-0.15, -0.1) is 0 Å². The van der Waals surface area contributed by atoms with Gasteiger partial charge >= 0.3 is 0 Å². The highest BCUT2D eigenvalue weighted by Gasteiger charge is 2.27. The molecule has 162 valence electrons. The number of ether oxygens (including phenoxy) is 3. The average Bonchev–Trinajstić information content (AvgIpc) is 3.22. The molecule has 30 heavy (non-hydrogen) atoms. The van der Waals surface area contributed by atoms with Gasteiger partial charge in [0.15, 0.2) is 11.5 Å². The lowest BCUT2D eigenvalue weighted by atomic mass is 10.2. The number of amides is 1. The van der Waals surface area contributed by atoms with E-state index in [9.17, 15) is 13.2 Å². The van der Waals surface area contributed by atoms with E-state index in [-0.39, 0.29) is 24.0 Å². The summed E-state index contributed by atoms with van der Waals surface area (Å²) in [5.41, 5.74) is 0.823. The first-order chi connectivity index (χ1) is 14.4. The van der Waals surface area contributed by atoms with Crippen molar-refractivity contribution in [3.05, 3.63) is 48.0 Å². The van der Waals surface area contributed by atoms with Gasteiger partial charge in [0.2, 0.25) is 22.7 Å². The molecule has 0 saturated carbocycles. The third kappa shape index (κ3) is 5.38. The number of hydrogen-bond donors (Lipinski definition) is 2. The Morgan fingerprint density at radius 1 is 1.20 bits per heavy atom. The normalized spacial score (nSPS) is 13.7. The molecule has 10 heteroatoms. The van der Waals surface area contributed by atoms with E-state index in [0.717, 1.165) is 5.56 Å². The molecule has 2 aromatic carbocycles. The van der Waals surface area contributed by atoms with Crippen molar-refractivity contribution in [2.75, 3.05) is 25.9 Å². The van der Waals surface area contributed by atoms with Gasteiger partial charge in [0.1, 0.15) is 16.7 Å². The van der Waals surface area contributed by atoms with Crippen LogP contribution >= 0.6 is 11.8 Å². The number of methoxy groups -OCH3 is 1. The molecule has 1 amide bonds. The van der Waals surface area contributed by atoms with Gasteiger partial charge in [0.25, 0.3) is 0 Å². The number of fused-ring (bicyclic) bond motifs is 1. The zero-order valence-corrected chi connectivity index (χ0v) is 18.3. The average molecular weight is 453 g/mol. The molecular formula is C20H24N2O6S2. The molecule has 0 radical (unpaired) electrons. The molecule has 3 rings (SSSR count). The van der Waals surface area contributed by atoms with Gasteiger partial charge < -0.3 is 19.5 Å². The molecule has 1 atom stereocenters. The highest BCUT2D eigenvalue weighted by atomic mass is 32.2. The quantitative estimate of drug-likeness (QED) is 0.569. The fourth-order valence-corrected chi connectivity index (χ4v) is 4.81. The van der Waals surface area contributed by atoms with Crippen molar-refractivity contribution < 1.29 is 27.4 Å². The van der Waals surface area contributed by atoms with Crippen LogP contribution in [-0.2, 0) is 21.4 Å². The van der Waals surface area contributed by atoms with Gasteiger partial charge in [-0.25, -0.2) is 8.42 Å². The van der Waals surface area contributed by atoms with E-state index < -0.39 is 22.0 Å². The summed E-state index contributed by atoms with van der Waals surface area (Å²) in [6.07, 6.45) is 2.25. The van der Waals surface area contributed by atoms with Gasteiger partial charge in [-0.05, 0) is 48.3 Å². The maximum Gasteiger partial charge on any atom is 0.244 e. The molecule has 8 nitrogen and oxygen atoms in total. The second-order valence-electron chi connectivity index (χ2n) is 6.51. The van der Waals surface area contributed by atoms with Crippen molar-refractivity contribution in [3.8, 4) is 17.2 Å². The van der Waals surface area contributed by atoms with Crippen LogP contribution in [0.2, 0.25) is 0 Å². The van der Waals surface area contributed by atoms with Crippen LogP contribution in [0.25, 0.3) is 0 Å². The number of hydrogen-bond acceptors (Lipinski definition) is 7. The van der Waals surface area contributed by atoms with Crippen LogP contribution in [-0.4, -0.2) is 46.3 Å². The minimum absolute atomic E-state index is 0.00905. The van der Waals surface area contributed by atoms with E-state index in [1.807, 2.05) is 12.3 Å². The predicted octanol–water partition coefficient (Wildman–Crippen LogP) is 2.14. The van der Waals surface area contributed by atoms with Crippen molar-refractivity contribution in [1.29, 1.82) is 0 Å². The first-order valence-corrected chi connectivity index (χ1v) is 12.1. The van der Waals surface area contributed by atoms with Crippen molar-refractivity contribution >= 4 is 27.7 Å². The Morgan fingerprint density at radius 2 is 1.97 bits per heavy atom. The number of benzene rings is 2. The number of rotatable bonds is 10. The second-order valence-corrected chi connectivity index (χ2v) is 9.18. The van der Waals surface area contributed by atoms with Gasteiger partial charge in [-0.3, -0.25) is 4.79 Å². The van der Waals surface area contributed by atoms with Gasteiger partial charge in [-0.1, -0.05) is 18.2 Å². The largest absolute Gasteiger partial charge is 0.495 e. The Hall–Kier alpha value is -2.43. The number of nitrogens with one attached hydrogen (secondary N) is 2. The Balaban J connectivity index is 1.70. The topological polar surface area (TPSA) is 103 Å². The summed E-state index contributed by atoms with van der Waals surface area (Å²) in [7, 11) is -2.55. The SMILES string of the molecule is COc1ccccc1S(=O)(=O)N[C@@H](CCSC)C(=O)NCc1ccc2c(c1)OCO2. The molecule has 2 N–H and O–H groups in total. The third-order valence-corrected chi connectivity index (χ3v) is 6.64. The zero-order valence-electron chi connectivity index (χ0n) is 16.7. The van der Waals surface area contributed by atoms with Crippen molar-refractivity contribution in [2.45, 2.75) is 23.9 Å². The fraction of sp³-hybridized carbons (Fsp3) is 0.350. The van der Waals surface area contributed by atoms with Gasteiger partial charge in [0, 0.05) is 6.54 Å². The molecule has 0 aliphatic carbocycles. The Morgan fingerprint density at radius 3 is 2.73 bits per heavy atom. The molecule has 0 bridgehead atoms. The van der Waals surface area contributed by atoms with E-state index in [0.29, 0.717) is 23.7 Å². The van der Waals surface area contributed by atoms with Crippen molar-refractivity contribution in [3.63, 3.8) is 0 Å². The van der Waals surface area contributed by atoms with Crippen LogP contribution in [0.1, 0.15) is 12.0 Å². The lowest BCUT2D eigenvalue weighted by Gasteiger charge is -2.19. The van der Waals surface area contributed by atoms with E-state index in [1.54, 1.807) is 30.3 Å². The third-order valence-electron chi connectivity index (χ3n) is 4.49. The first-order valence-electron chi connectivity index (χ1n) is 9.25. The molecule has 0 unspecified atom stereocenters. The lowest BCUT2D eigenvalue weighted by Crippen LogP contribution is -2.46. The monoisotopic (exact) mass is 452 g/mol. The summed E-state index contributed by atoms with van der Waals surface area (Å²) in [4.78, 5) is 12.8. The minimum atomic E-state index is -3.95. The van der Waals surface area contributed by atoms with Gasteiger partial charge in [-0.2, -0.15) is 16.5 Å². The summed E-state index contributed by atoms with van der Waals surface area (Å²) in [5.74, 6) is 1.72. The molecule has 0 fully saturated rings. The maximum atomic E-state index is 12.9. The van der Waals surface area contributed by atoms with Crippen LogP contribution < -0.4 is 24.2 Å². The summed E-state index contributed by atoms with van der Waals surface area (Å²) >= 11 is 1.53. The fourth-order valence-electron chi connectivity index (χ4n) is 2.93. The highest BCUT2D eigenvalue weighted by Crippen LogP contribution is 2.32. The van der Waals surface area contributed by atoms with E-state index in [1.165, 1.54) is 24.9 Å². The number of para-hydroxylation sites is 1. The Kier molecular flexibility index (Phi) is 7.46. The van der Waals surface area contributed by atoms with Crippen molar-refractivity contribution in [2.24, 2.45) is 0 Å². The van der Waals surface area contributed by atoms with Crippen LogP contribution in [0.15, 0.2) is 47.4 Å². The van der Waals surface area contributed by atoms with E-state index in [4.69, 9.17) is 14.2 Å². The number of sulfonamides is 1. The molecule has 1 heterocycles. The molecule has 2 aromatic rings. The summed E-state index contributed by atoms with van der Waals surface area (Å²) < 4.78 is 44.1. The number of thioether (sulfide) groups is 1. The molecule has 0 aromatic heterocycles. The number of carbonyl (C=O) groups is 1. The standard InChI is InChI=1S/C20H24N2O6S2/c1-26-17-5-3-4-6-19(17)30(24,25)22-15(9-10-29-2)20(23)21-12-14-7-8-16-18(11-14)28-13-27-16/h3-8,11,15,22H,9-10,12-13H2,1-2H3,(H,21,23)/t15-/m0/s1. The summed E-state index contributed by atoms with van der Waals surface area (Å²) in [5, 5.41) is 2.80. The van der Waals surface area contributed by atoms with Crippen LogP contribution in [0, 0.1) is 0 Å². The molecule has 1 aliphatic rings. The maximum absolute atomic E-state index is 12.9. The van der Waals surface area contributed by atoms with E-state index >= 15 is 0 Å². The Bertz CT molecular complexity index is 997. The first kappa shape index (κ1) is 22.3. The van der Waals surface area contributed by atoms with Crippen LogP contribution in [0.5, 0.6) is 17.2 Å². The smallest absolute Gasteiger partial charge is 0.244 e. The molecule has 1 aliphatic heterocycles. The molecule has 0 saturated heterocycles. The molecule has 0 spiro atoms. The Labute approximate surface area is 180 Å². The predicted molar refractivity (Wildman–Crippen MR) is 115 cm³/mol. The molecular weight excluding hydrogens is 428 g/mol. The summed E-state index contributed by atoms with van der Waals surface area (Å²) in [6.45, 7) is 0.411. The van der Waals surface area contributed by atoms with E-state index in [2.05, 4.69) is 10.0 Å². The lowest BCUT2D eigenvalue weighted by molar-refractivity contribution is -0.122. The zero-order chi connectivity index (χ0) is 21.6. The van der Waals surface area contributed by atoms with Crippen LogP contribution in [0.3, 0.4) is 0 Å². The summed E-state index contributed by atoms with van der Waals surface area (Å²) in [6, 6.07) is 10.8. The minimum Gasteiger partial charge on any atom is -0.495 e. The number of carbonyl (C=O) groups excluding carboxylic acids is 1. The van der Waals surface area contributed by atoms with Crippen LogP contribution in [0.4, 0.5) is 0 Å². The van der Waals surface area contributed by atoms with Gasteiger partial charge in [0.05, 0.1) is 7.11 Å². The highest BCUT2D eigenvalue weighted by molar-refractivity contribution is 7.98.